The van der Waals surface area contributed by atoms with Crippen LogP contribution in [0.15, 0.2) is 36.4 Å². The molecule has 6 N–H and O–H groups in total. The fraction of sp³-hybridized carbons (Fsp3) is 0.500. The zero-order chi connectivity index (χ0) is 10.8. The molecular formula is C12H23NO4. The van der Waals surface area contributed by atoms with Gasteiger partial charge in [-0.1, -0.05) is 36.4 Å². The Hall–Kier alpha value is -0.980. The Kier molecular flexibility index (Phi) is 14.2. The molecule has 5 nitrogen and oxygen atoms in total. The van der Waals surface area contributed by atoms with E-state index in [1.165, 1.54) is 0 Å². The Morgan fingerprint density at radius 2 is 1.53 bits per heavy atom. The minimum Gasteiger partial charge on any atom is -0.870 e. The number of ether oxygens (including phenoxy) is 2. The van der Waals surface area contributed by atoms with Gasteiger partial charge in [0.1, 0.15) is 0 Å². The van der Waals surface area contributed by atoms with Gasteiger partial charge in [0.05, 0.1) is 25.9 Å². The molecule has 0 aliphatic carbocycles. The third-order valence-electron chi connectivity index (χ3n) is 2.00. The van der Waals surface area contributed by atoms with Gasteiger partial charge < -0.3 is 26.2 Å². The molecule has 1 aliphatic rings. The van der Waals surface area contributed by atoms with Gasteiger partial charge in [0.2, 0.25) is 0 Å². The fourth-order valence-corrected chi connectivity index (χ4v) is 1.23. The van der Waals surface area contributed by atoms with Crippen molar-refractivity contribution in [2.45, 2.75) is 12.5 Å². The molecule has 1 fully saturated rings. The molecule has 17 heavy (non-hydrogen) atoms. The maximum Gasteiger partial charge on any atom is 0.0831 e. The first-order valence-corrected chi connectivity index (χ1v) is 5.23. The van der Waals surface area contributed by atoms with Crippen LogP contribution in [0, 0.1) is 0 Å². The topological polar surface area (TPSA) is 105 Å². The molecule has 1 unspecified atom stereocenters. The highest BCUT2D eigenvalue weighted by Crippen LogP contribution is 2.03. The van der Waals surface area contributed by atoms with Crippen molar-refractivity contribution in [2.75, 3.05) is 26.4 Å². The Labute approximate surface area is 102 Å². The molecule has 100 valence electrons. The number of benzene rings is 1. The minimum atomic E-state index is 0. The monoisotopic (exact) mass is 245 g/mol. The smallest absolute Gasteiger partial charge is 0.0831 e. The normalized spacial score (nSPS) is 17.8. The van der Waals surface area contributed by atoms with E-state index in [0.717, 1.165) is 0 Å². The number of aliphatic hydroxyl groups excluding tert-OH is 1. The Morgan fingerprint density at radius 3 is 1.88 bits per heavy atom. The van der Waals surface area contributed by atoms with Crippen LogP contribution in [-0.2, 0) is 9.47 Å². The zero-order valence-corrected chi connectivity index (χ0v) is 10.3. The second-order valence-corrected chi connectivity index (χ2v) is 3.23. The molecular weight excluding hydrogens is 222 g/mol. The third kappa shape index (κ3) is 9.92. The van der Waals surface area contributed by atoms with E-state index in [9.17, 15) is 0 Å². The van der Waals surface area contributed by atoms with Crippen LogP contribution < -0.4 is 6.15 Å². The van der Waals surface area contributed by atoms with Crippen LogP contribution in [0.3, 0.4) is 0 Å². The summed E-state index contributed by atoms with van der Waals surface area (Å²) in [5.41, 5.74) is 0. The van der Waals surface area contributed by atoms with Crippen LogP contribution >= 0.6 is 0 Å². The second-order valence-electron chi connectivity index (χ2n) is 3.23. The number of rotatable bonds is 2. The van der Waals surface area contributed by atoms with Crippen LogP contribution in [0.5, 0.6) is 0 Å². The van der Waals surface area contributed by atoms with E-state index in [0.29, 0.717) is 26.2 Å². The first-order chi connectivity index (χ1) is 7.43. The van der Waals surface area contributed by atoms with Gasteiger partial charge in [0.15, 0.2) is 0 Å². The van der Waals surface area contributed by atoms with E-state index >= 15 is 0 Å². The predicted octanol–water partition coefficient (Wildman–Crippen LogP) is 1.67. The lowest BCUT2D eigenvalue weighted by molar-refractivity contribution is -0.0943. The number of quaternary nitrogens is 1. The summed E-state index contributed by atoms with van der Waals surface area (Å²) >= 11 is 0. The Bertz CT molecular complexity index is 198. The average Bonchev–Trinajstić information content (AvgIpc) is 2.34. The van der Waals surface area contributed by atoms with E-state index in [-0.39, 0.29) is 24.3 Å². The summed E-state index contributed by atoms with van der Waals surface area (Å²) in [7, 11) is 0. The van der Waals surface area contributed by atoms with Crippen LogP contribution in [0.4, 0.5) is 0 Å². The number of hydrogen-bond donors (Lipinski definition) is 2. The molecule has 1 saturated heterocycles. The molecule has 1 aliphatic heterocycles. The molecule has 0 aromatic heterocycles. The lowest BCUT2D eigenvalue weighted by Crippen LogP contribution is -2.29. The van der Waals surface area contributed by atoms with E-state index in [2.05, 4.69) is 0 Å². The van der Waals surface area contributed by atoms with Crippen molar-refractivity contribution in [2.24, 2.45) is 0 Å². The molecule has 1 aromatic rings. The quantitative estimate of drug-likeness (QED) is 0.826. The lowest BCUT2D eigenvalue weighted by atomic mass is 10.3. The maximum atomic E-state index is 8.48. The highest BCUT2D eigenvalue weighted by atomic mass is 16.6. The zero-order valence-electron chi connectivity index (χ0n) is 10.3. The summed E-state index contributed by atoms with van der Waals surface area (Å²) in [5, 5.41) is 8.48. The molecule has 2 rings (SSSR count). The van der Waals surface area contributed by atoms with Crippen molar-refractivity contribution in [3.63, 3.8) is 0 Å². The lowest BCUT2D eigenvalue weighted by Gasteiger charge is -2.21. The van der Waals surface area contributed by atoms with Gasteiger partial charge in [-0.15, -0.1) is 0 Å². The summed E-state index contributed by atoms with van der Waals surface area (Å²) in [5.74, 6) is 0. The van der Waals surface area contributed by atoms with Gasteiger partial charge in [0.25, 0.3) is 0 Å². The second kappa shape index (κ2) is 13.1. The highest BCUT2D eigenvalue weighted by Gasteiger charge is 2.12. The molecule has 0 spiro atoms. The van der Waals surface area contributed by atoms with Crippen LogP contribution in [-0.4, -0.2) is 43.1 Å². The van der Waals surface area contributed by atoms with E-state index in [4.69, 9.17) is 14.6 Å². The third-order valence-corrected chi connectivity index (χ3v) is 2.00. The van der Waals surface area contributed by atoms with Gasteiger partial charge in [-0.05, 0) is 6.42 Å². The van der Waals surface area contributed by atoms with Crippen molar-refractivity contribution < 1.29 is 20.1 Å². The Morgan fingerprint density at radius 1 is 1.00 bits per heavy atom. The van der Waals surface area contributed by atoms with Crippen molar-refractivity contribution in [1.29, 1.82) is 0 Å². The number of hydrogen-bond acceptors (Lipinski definition) is 4. The standard InChI is InChI=1S/C6H12O3.C6H6.H3N.H2O/c7-2-1-6-5-8-3-4-9-6;1-2-4-6-5-3-1;;/h6-7H,1-5H2;1-6H;1H3;1H2. The van der Waals surface area contributed by atoms with Crippen molar-refractivity contribution in [3.05, 3.63) is 36.4 Å². The molecule has 0 radical (unpaired) electrons. The average molecular weight is 245 g/mol. The first-order valence-electron chi connectivity index (χ1n) is 5.23. The van der Waals surface area contributed by atoms with Crippen molar-refractivity contribution in [3.8, 4) is 0 Å². The van der Waals surface area contributed by atoms with Gasteiger partial charge in [0, 0.05) is 6.61 Å². The summed E-state index contributed by atoms with van der Waals surface area (Å²) in [6.45, 7) is 2.20. The van der Waals surface area contributed by atoms with Crippen molar-refractivity contribution >= 4 is 0 Å². The largest absolute Gasteiger partial charge is 0.870 e. The molecule has 1 aromatic carbocycles. The van der Waals surface area contributed by atoms with Crippen LogP contribution in [0.1, 0.15) is 6.42 Å². The fourth-order valence-electron chi connectivity index (χ4n) is 1.23. The predicted molar refractivity (Wildman–Crippen MR) is 66.6 cm³/mol. The van der Waals surface area contributed by atoms with E-state index in [1.807, 2.05) is 36.4 Å². The highest BCUT2D eigenvalue weighted by molar-refractivity contribution is 4.99. The molecule has 1 atom stereocenters. The molecule has 5 heteroatoms. The van der Waals surface area contributed by atoms with Crippen LogP contribution in [0.25, 0.3) is 0 Å². The van der Waals surface area contributed by atoms with Crippen LogP contribution in [0.2, 0.25) is 0 Å². The summed E-state index contributed by atoms with van der Waals surface area (Å²) in [6.07, 6.45) is 0.823. The number of aliphatic hydroxyl groups is 1. The first kappa shape index (κ1) is 18.4. The van der Waals surface area contributed by atoms with Crippen molar-refractivity contribution in [1.82, 2.24) is 6.15 Å². The SMILES string of the molecule is OCCC1COCCO1.[NH4+].[OH-].c1ccccc1. The molecule has 0 bridgehead atoms. The summed E-state index contributed by atoms with van der Waals surface area (Å²) in [6, 6.07) is 12.0. The Balaban J connectivity index is 0. The maximum absolute atomic E-state index is 8.48. The van der Waals surface area contributed by atoms with Gasteiger partial charge in [-0.25, -0.2) is 0 Å². The summed E-state index contributed by atoms with van der Waals surface area (Å²) in [4.78, 5) is 0. The van der Waals surface area contributed by atoms with Gasteiger partial charge in [-0.3, -0.25) is 0 Å². The molecule has 0 saturated carbocycles. The van der Waals surface area contributed by atoms with E-state index in [1.54, 1.807) is 0 Å². The van der Waals surface area contributed by atoms with Gasteiger partial charge in [-0.2, -0.15) is 0 Å². The minimum absolute atomic E-state index is 0. The molecule has 0 amide bonds. The van der Waals surface area contributed by atoms with E-state index < -0.39 is 0 Å². The molecule has 1 heterocycles. The van der Waals surface area contributed by atoms with Gasteiger partial charge >= 0.3 is 0 Å². The summed E-state index contributed by atoms with van der Waals surface area (Å²) < 4.78 is 10.3.